The van der Waals surface area contributed by atoms with E-state index >= 15 is 0 Å². The van der Waals surface area contributed by atoms with Crippen molar-refractivity contribution in [3.05, 3.63) is 65.7 Å². The number of carbonyl (C=O) groups is 1. The van der Waals surface area contributed by atoms with Crippen molar-refractivity contribution in [3.8, 4) is 5.75 Å². The lowest BCUT2D eigenvalue weighted by Crippen LogP contribution is -2.23. The molecule has 1 aliphatic heterocycles. The summed E-state index contributed by atoms with van der Waals surface area (Å²) in [5.41, 5.74) is 2.15. The van der Waals surface area contributed by atoms with Crippen molar-refractivity contribution in [2.45, 2.75) is 18.8 Å². The fourth-order valence-electron chi connectivity index (χ4n) is 3.23. The molecule has 1 atom stereocenters. The van der Waals surface area contributed by atoms with E-state index in [1.54, 1.807) is 7.11 Å². The standard InChI is InChI=1S/C20H23NO2.ClH/c1-23-19-9-5-8-17(14-19)20(22)11-13-21-12-10-18(15-21)16-6-3-2-4-7-16;/h2-9,14,18H,10-13,15H2,1H3;1H. The second-order valence-electron chi connectivity index (χ2n) is 6.10. The van der Waals surface area contributed by atoms with E-state index in [9.17, 15) is 4.79 Å². The molecule has 128 valence electrons. The van der Waals surface area contributed by atoms with Gasteiger partial charge in [0.1, 0.15) is 5.75 Å². The number of benzene rings is 2. The molecule has 1 saturated heterocycles. The molecule has 24 heavy (non-hydrogen) atoms. The Bertz CT molecular complexity index is 660. The van der Waals surface area contributed by atoms with Gasteiger partial charge in [0.25, 0.3) is 0 Å². The number of methoxy groups -OCH3 is 1. The fourth-order valence-corrected chi connectivity index (χ4v) is 3.23. The molecule has 0 aromatic heterocycles. The van der Waals surface area contributed by atoms with E-state index in [0.717, 1.165) is 30.9 Å². The summed E-state index contributed by atoms with van der Waals surface area (Å²) in [5.74, 6) is 1.52. The Balaban J connectivity index is 0.00000208. The van der Waals surface area contributed by atoms with E-state index in [4.69, 9.17) is 4.74 Å². The summed E-state index contributed by atoms with van der Waals surface area (Å²) in [6, 6.07) is 18.1. The molecule has 1 heterocycles. The minimum absolute atomic E-state index is 0. The average Bonchev–Trinajstić information content (AvgIpc) is 3.09. The van der Waals surface area contributed by atoms with Crippen LogP contribution in [0, 0.1) is 0 Å². The molecule has 0 spiro atoms. The van der Waals surface area contributed by atoms with E-state index in [2.05, 4.69) is 35.2 Å². The highest BCUT2D eigenvalue weighted by atomic mass is 35.5. The van der Waals surface area contributed by atoms with Crippen molar-refractivity contribution in [2.24, 2.45) is 0 Å². The number of nitrogens with zero attached hydrogens (tertiary/aromatic N) is 1. The van der Waals surface area contributed by atoms with Crippen LogP contribution in [0.4, 0.5) is 0 Å². The van der Waals surface area contributed by atoms with Crippen LogP contribution in [-0.2, 0) is 0 Å². The molecule has 1 aliphatic rings. The quantitative estimate of drug-likeness (QED) is 0.735. The molecular formula is C20H24ClNO2. The average molecular weight is 346 g/mol. The Morgan fingerprint density at radius 3 is 2.71 bits per heavy atom. The molecule has 0 bridgehead atoms. The summed E-state index contributed by atoms with van der Waals surface area (Å²) in [6.07, 6.45) is 1.74. The summed E-state index contributed by atoms with van der Waals surface area (Å²) in [4.78, 5) is 14.7. The van der Waals surface area contributed by atoms with Gasteiger partial charge in [-0.05, 0) is 36.6 Å². The maximum absolute atomic E-state index is 12.3. The first-order valence-corrected chi connectivity index (χ1v) is 8.21. The predicted octanol–water partition coefficient (Wildman–Crippen LogP) is 4.18. The SMILES string of the molecule is COc1cccc(C(=O)CCN2CCC(c3ccccc3)C2)c1.Cl. The zero-order chi connectivity index (χ0) is 16.1. The van der Waals surface area contributed by atoms with E-state index in [-0.39, 0.29) is 18.2 Å². The van der Waals surface area contributed by atoms with Gasteiger partial charge in [-0.25, -0.2) is 0 Å². The lowest BCUT2D eigenvalue weighted by Gasteiger charge is -2.15. The van der Waals surface area contributed by atoms with Gasteiger partial charge in [-0.2, -0.15) is 0 Å². The molecule has 4 heteroatoms. The Hall–Kier alpha value is -1.84. The highest BCUT2D eigenvalue weighted by Crippen LogP contribution is 2.27. The van der Waals surface area contributed by atoms with Gasteiger partial charge < -0.3 is 9.64 Å². The van der Waals surface area contributed by atoms with Gasteiger partial charge >= 0.3 is 0 Å². The predicted molar refractivity (Wildman–Crippen MR) is 99.4 cm³/mol. The van der Waals surface area contributed by atoms with E-state index in [0.29, 0.717) is 12.3 Å². The van der Waals surface area contributed by atoms with Crippen molar-refractivity contribution in [3.63, 3.8) is 0 Å². The number of ether oxygens (including phenoxy) is 1. The second-order valence-corrected chi connectivity index (χ2v) is 6.10. The van der Waals surface area contributed by atoms with Crippen molar-refractivity contribution in [2.75, 3.05) is 26.7 Å². The van der Waals surface area contributed by atoms with Gasteiger partial charge in [0.15, 0.2) is 5.78 Å². The zero-order valence-electron chi connectivity index (χ0n) is 14.0. The summed E-state index contributed by atoms with van der Waals surface area (Å²) in [7, 11) is 1.62. The Morgan fingerprint density at radius 2 is 1.96 bits per heavy atom. The lowest BCUT2D eigenvalue weighted by molar-refractivity contribution is 0.0968. The van der Waals surface area contributed by atoms with Crippen LogP contribution in [0.5, 0.6) is 5.75 Å². The van der Waals surface area contributed by atoms with E-state index in [1.807, 2.05) is 24.3 Å². The van der Waals surface area contributed by atoms with Crippen LogP contribution >= 0.6 is 12.4 Å². The minimum atomic E-state index is 0. The smallest absolute Gasteiger partial charge is 0.164 e. The molecule has 3 nitrogen and oxygen atoms in total. The maximum Gasteiger partial charge on any atom is 0.164 e. The van der Waals surface area contributed by atoms with Crippen molar-refractivity contribution in [1.29, 1.82) is 0 Å². The van der Waals surface area contributed by atoms with Gasteiger partial charge in [-0.15, -0.1) is 12.4 Å². The molecule has 0 amide bonds. The Labute approximate surface area is 150 Å². The summed E-state index contributed by atoms with van der Waals surface area (Å²) in [5, 5.41) is 0. The molecule has 2 aromatic rings. The van der Waals surface area contributed by atoms with Crippen LogP contribution in [0.25, 0.3) is 0 Å². The first-order chi connectivity index (χ1) is 11.3. The third-order valence-corrected chi connectivity index (χ3v) is 4.59. The van der Waals surface area contributed by atoms with Crippen LogP contribution in [0.3, 0.4) is 0 Å². The van der Waals surface area contributed by atoms with Crippen LogP contribution < -0.4 is 4.74 Å². The zero-order valence-corrected chi connectivity index (χ0v) is 14.8. The largest absolute Gasteiger partial charge is 0.497 e. The molecular weight excluding hydrogens is 322 g/mol. The molecule has 0 aliphatic carbocycles. The number of halogens is 1. The van der Waals surface area contributed by atoms with Gasteiger partial charge in [-0.1, -0.05) is 42.5 Å². The van der Waals surface area contributed by atoms with Crippen LogP contribution in [0.15, 0.2) is 54.6 Å². The number of likely N-dealkylation sites (tertiary alicyclic amines) is 1. The van der Waals surface area contributed by atoms with Gasteiger partial charge in [0.2, 0.25) is 0 Å². The number of hydrogen-bond acceptors (Lipinski definition) is 3. The molecule has 0 radical (unpaired) electrons. The second kappa shape index (κ2) is 8.86. The van der Waals surface area contributed by atoms with Gasteiger partial charge in [0.05, 0.1) is 7.11 Å². The number of Topliss-reactive ketones (excluding diaryl/α,β-unsaturated/α-hetero) is 1. The number of ketones is 1. The first kappa shape index (κ1) is 18.5. The van der Waals surface area contributed by atoms with Gasteiger partial charge in [-0.3, -0.25) is 4.79 Å². The molecule has 1 unspecified atom stereocenters. The van der Waals surface area contributed by atoms with Gasteiger partial charge in [0, 0.05) is 25.1 Å². The molecule has 1 fully saturated rings. The van der Waals surface area contributed by atoms with Crippen LogP contribution in [-0.4, -0.2) is 37.4 Å². The van der Waals surface area contributed by atoms with Crippen LogP contribution in [0.1, 0.15) is 34.7 Å². The van der Waals surface area contributed by atoms with Crippen LogP contribution in [0.2, 0.25) is 0 Å². The fraction of sp³-hybridized carbons (Fsp3) is 0.350. The third kappa shape index (κ3) is 4.59. The van der Waals surface area contributed by atoms with E-state index < -0.39 is 0 Å². The maximum atomic E-state index is 12.3. The third-order valence-electron chi connectivity index (χ3n) is 4.59. The number of carbonyl (C=O) groups excluding carboxylic acids is 1. The van der Waals surface area contributed by atoms with Crippen molar-refractivity contribution >= 4 is 18.2 Å². The molecule has 3 rings (SSSR count). The number of rotatable bonds is 6. The highest BCUT2D eigenvalue weighted by molar-refractivity contribution is 5.96. The lowest BCUT2D eigenvalue weighted by atomic mass is 9.99. The Kier molecular flexibility index (Phi) is 6.83. The topological polar surface area (TPSA) is 29.5 Å². The Morgan fingerprint density at radius 1 is 1.17 bits per heavy atom. The molecule has 2 aromatic carbocycles. The summed E-state index contributed by atoms with van der Waals surface area (Å²) in [6.45, 7) is 2.96. The monoisotopic (exact) mass is 345 g/mol. The molecule has 0 saturated carbocycles. The summed E-state index contributed by atoms with van der Waals surface area (Å²) >= 11 is 0. The normalized spacial score (nSPS) is 17.3. The minimum Gasteiger partial charge on any atom is -0.497 e. The first-order valence-electron chi connectivity index (χ1n) is 8.21. The van der Waals surface area contributed by atoms with Crippen molar-refractivity contribution < 1.29 is 9.53 Å². The van der Waals surface area contributed by atoms with E-state index in [1.165, 1.54) is 12.0 Å². The highest BCUT2D eigenvalue weighted by Gasteiger charge is 2.23. The number of hydrogen-bond donors (Lipinski definition) is 0. The summed E-state index contributed by atoms with van der Waals surface area (Å²) < 4.78 is 5.18. The van der Waals surface area contributed by atoms with Crippen molar-refractivity contribution in [1.82, 2.24) is 4.90 Å². The molecule has 0 N–H and O–H groups in total.